The third-order valence-corrected chi connectivity index (χ3v) is 5.07. The quantitative estimate of drug-likeness (QED) is 0.858. The predicted octanol–water partition coefficient (Wildman–Crippen LogP) is 3.53. The highest BCUT2D eigenvalue weighted by molar-refractivity contribution is 7.13. The summed E-state index contributed by atoms with van der Waals surface area (Å²) in [5.41, 5.74) is 1.23. The van der Waals surface area contributed by atoms with Gasteiger partial charge in [-0.2, -0.15) is 0 Å². The molecule has 1 aromatic carbocycles. The highest BCUT2D eigenvalue weighted by Crippen LogP contribution is 2.18. The van der Waals surface area contributed by atoms with Crippen molar-refractivity contribution in [3.63, 3.8) is 0 Å². The van der Waals surface area contributed by atoms with Crippen LogP contribution in [0.25, 0.3) is 6.08 Å². The summed E-state index contributed by atoms with van der Waals surface area (Å²) in [5.74, 6) is 0.183. The Labute approximate surface area is 141 Å². The van der Waals surface area contributed by atoms with Gasteiger partial charge in [0.2, 0.25) is 0 Å². The Morgan fingerprint density at radius 1 is 1.09 bits per heavy atom. The summed E-state index contributed by atoms with van der Waals surface area (Å²) >= 11 is 1.59. The van der Waals surface area contributed by atoms with Gasteiger partial charge in [0.25, 0.3) is 5.91 Å². The van der Waals surface area contributed by atoms with E-state index in [0.29, 0.717) is 0 Å². The van der Waals surface area contributed by atoms with Gasteiger partial charge in [-0.05, 0) is 24.6 Å². The van der Waals surface area contributed by atoms with Gasteiger partial charge in [-0.15, -0.1) is 11.3 Å². The third-order valence-electron chi connectivity index (χ3n) is 4.08. The zero-order chi connectivity index (χ0) is 16.1. The van der Waals surface area contributed by atoms with Crippen molar-refractivity contribution in [1.29, 1.82) is 0 Å². The molecule has 2 heterocycles. The van der Waals surface area contributed by atoms with Gasteiger partial charge in [-0.25, -0.2) is 0 Å². The highest BCUT2D eigenvalue weighted by Gasteiger charge is 2.22. The van der Waals surface area contributed by atoms with Gasteiger partial charge >= 0.3 is 0 Å². The lowest BCUT2D eigenvalue weighted by atomic mass is 10.2. The number of piperazine rings is 1. The maximum atomic E-state index is 12.4. The molecular formula is C19H22N2OS. The number of thiophene rings is 1. The first-order valence-corrected chi connectivity index (χ1v) is 8.84. The van der Waals surface area contributed by atoms with Gasteiger partial charge in [0.1, 0.15) is 0 Å². The number of carbonyl (C=O) groups is 1. The predicted molar refractivity (Wildman–Crippen MR) is 96.9 cm³/mol. The van der Waals surface area contributed by atoms with E-state index in [1.165, 1.54) is 10.4 Å². The van der Waals surface area contributed by atoms with Crippen LogP contribution in [0, 0.1) is 6.92 Å². The molecular weight excluding hydrogens is 304 g/mol. The van der Waals surface area contributed by atoms with Crippen molar-refractivity contribution < 1.29 is 4.79 Å². The molecule has 1 amide bonds. The molecule has 0 atom stereocenters. The van der Waals surface area contributed by atoms with Crippen LogP contribution >= 0.6 is 11.3 Å². The second-order valence-electron chi connectivity index (χ2n) is 5.82. The van der Waals surface area contributed by atoms with Crippen LogP contribution in [-0.2, 0) is 0 Å². The molecule has 0 aliphatic carbocycles. The Hall–Kier alpha value is -1.91. The van der Waals surface area contributed by atoms with E-state index in [2.05, 4.69) is 41.3 Å². The number of hydrogen-bond acceptors (Lipinski definition) is 3. The number of aryl methyl sites for hydroxylation is 1. The SMILES string of the molecule is Cc1ccc(C(=O)N2CCN(CC=Cc3ccccc3)CC2)s1. The molecule has 23 heavy (non-hydrogen) atoms. The van der Waals surface area contributed by atoms with Gasteiger partial charge in [0.05, 0.1) is 4.88 Å². The summed E-state index contributed by atoms with van der Waals surface area (Å²) in [5, 5.41) is 0. The van der Waals surface area contributed by atoms with Gasteiger partial charge < -0.3 is 4.90 Å². The molecule has 3 rings (SSSR count). The summed E-state index contributed by atoms with van der Waals surface area (Å²) in [6.07, 6.45) is 4.36. The molecule has 0 radical (unpaired) electrons. The van der Waals surface area contributed by atoms with Gasteiger partial charge in [0, 0.05) is 37.6 Å². The zero-order valence-electron chi connectivity index (χ0n) is 13.4. The van der Waals surface area contributed by atoms with Crippen molar-refractivity contribution in [2.45, 2.75) is 6.92 Å². The summed E-state index contributed by atoms with van der Waals surface area (Å²) in [6, 6.07) is 14.3. The molecule has 120 valence electrons. The van der Waals surface area contributed by atoms with Gasteiger partial charge in [-0.1, -0.05) is 42.5 Å². The maximum Gasteiger partial charge on any atom is 0.264 e. The number of hydrogen-bond donors (Lipinski definition) is 0. The standard InChI is InChI=1S/C19H22N2OS/c1-16-9-10-18(23-16)19(22)21-14-12-20(13-15-21)11-5-8-17-6-3-2-4-7-17/h2-10H,11-15H2,1H3. The minimum absolute atomic E-state index is 0.183. The second kappa shape index (κ2) is 7.57. The van der Waals surface area contributed by atoms with Crippen LogP contribution in [0.1, 0.15) is 20.1 Å². The van der Waals surface area contributed by atoms with Crippen molar-refractivity contribution in [1.82, 2.24) is 9.80 Å². The molecule has 4 heteroatoms. The Balaban J connectivity index is 1.47. The first-order chi connectivity index (χ1) is 11.2. The normalized spacial score (nSPS) is 16.1. The Kier molecular flexibility index (Phi) is 5.26. The molecule has 1 aliphatic heterocycles. The van der Waals surface area contributed by atoms with E-state index in [9.17, 15) is 4.79 Å². The number of rotatable bonds is 4. The van der Waals surface area contributed by atoms with E-state index >= 15 is 0 Å². The van der Waals surface area contributed by atoms with Crippen LogP contribution in [0.15, 0.2) is 48.5 Å². The van der Waals surface area contributed by atoms with Crippen LogP contribution in [-0.4, -0.2) is 48.4 Å². The van der Waals surface area contributed by atoms with E-state index in [1.54, 1.807) is 11.3 Å². The molecule has 0 saturated carbocycles. The van der Waals surface area contributed by atoms with Crippen molar-refractivity contribution in [3.05, 3.63) is 63.9 Å². The molecule has 0 N–H and O–H groups in total. The van der Waals surface area contributed by atoms with Crippen molar-refractivity contribution in [2.24, 2.45) is 0 Å². The van der Waals surface area contributed by atoms with Crippen molar-refractivity contribution in [2.75, 3.05) is 32.7 Å². The number of benzene rings is 1. The lowest BCUT2D eigenvalue weighted by Crippen LogP contribution is -2.48. The smallest absolute Gasteiger partial charge is 0.264 e. The van der Waals surface area contributed by atoms with Crippen molar-refractivity contribution >= 4 is 23.3 Å². The average molecular weight is 326 g/mol. The van der Waals surface area contributed by atoms with Gasteiger partial charge in [0.15, 0.2) is 0 Å². The first kappa shape index (κ1) is 16.0. The fourth-order valence-electron chi connectivity index (χ4n) is 2.74. The number of nitrogens with zero attached hydrogens (tertiary/aromatic N) is 2. The summed E-state index contributed by atoms with van der Waals surface area (Å²) in [6.45, 7) is 6.49. The Morgan fingerprint density at radius 2 is 1.83 bits per heavy atom. The Bertz CT molecular complexity index is 670. The molecule has 1 aromatic heterocycles. The van der Waals surface area contributed by atoms with E-state index in [1.807, 2.05) is 30.0 Å². The fraction of sp³-hybridized carbons (Fsp3) is 0.316. The topological polar surface area (TPSA) is 23.6 Å². The van der Waals surface area contributed by atoms with E-state index in [0.717, 1.165) is 37.6 Å². The van der Waals surface area contributed by atoms with Crippen LogP contribution in [0.2, 0.25) is 0 Å². The average Bonchev–Trinajstić information content (AvgIpc) is 3.02. The first-order valence-electron chi connectivity index (χ1n) is 8.02. The summed E-state index contributed by atoms with van der Waals surface area (Å²) in [7, 11) is 0. The molecule has 1 saturated heterocycles. The molecule has 1 aliphatic rings. The van der Waals surface area contributed by atoms with Gasteiger partial charge in [-0.3, -0.25) is 9.69 Å². The summed E-state index contributed by atoms with van der Waals surface area (Å²) < 4.78 is 0. The lowest BCUT2D eigenvalue weighted by Gasteiger charge is -2.33. The molecule has 0 bridgehead atoms. The second-order valence-corrected chi connectivity index (χ2v) is 7.10. The highest BCUT2D eigenvalue weighted by atomic mass is 32.1. The molecule has 1 fully saturated rings. The minimum atomic E-state index is 0.183. The maximum absolute atomic E-state index is 12.4. The fourth-order valence-corrected chi connectivity index (χ4v) is 3.58. The third kappa shape index (κ3) is 4.30. The number of carbonyl (C=O) groups excluding carboxylic acids is 1. The van der Waals surface area contributed by atoms with E-state index in [4.69, 9.17) is 0 Å². The van der Waals surface area contributed by atoms with E-state index in [-0.39, 0.29) is 5.91 Å². The van der Waals surface area contributed by atoms with Crippen LogP contribution in [0.4, 0.5) is 0 Å². The molecule has 2 aromatic rings. The largest absolute Gasteiger partial charge is 0.335 e. The minimum Gasteiger partial charge on any atom is -0.335 e. The molecule has 3 nitrogen and oxygen atoms in total. The van der Waals surface area contributed by atoms with Crippen LogP contribution in [0.3, 0.4) is 0 Å². The Morgan fingerprint density at radius 3 is 2.48 bits per heavy atom. The van der Waals surface area contributed by atoms with Crippen LogP contribution < -0.4 is 0 Å². The molecule has 0 unspecified atom stereocenters. The zero-order valence-corrected chi connectivity index (χ0v) is 14.3. The summed E-state index contributed by atoms with van der Waals surface area (Å²) in [4.78, 5) is 18.8. The van der Waals surface area contributed by atoms with Crippen molar-refractivity contribution in [3.8, 4) is 0 Å². The number of amides is 1. The van der Waals surface area contributed by atoms with Crippen LogP contribution in [0.5, 0.6) is 0 Å². The van der Waals surface area contributed by atoms with E-state index < -0.39 is 0 Å². The monoisotopic (exact) mass is 326 g/mol. The lowest BCUT2D eigenvalue weighted by molar-refractivity contribution is 0.0655. The molecule has 0 spiro atoms.